The van der Waals surface area contributed by atoms with Crippen LogP contribution in [0, 0.1) is 6.92 Å². The Balaban J connectivity index is 1.49. The summed E-state index contributed by atoms with van der Waals surface area (Å²) in [7, 11) is 0. The summed E-state index contributed by atoms with van der Waals surface area (Å²) in [6, 6.07) is 9.72. The highest BCUT2D eigenvalue weighted by Crippen LogP contribution is 2.31. The van der Waals surface area contributed by atoms with E-state index in [0.29, 0.717) is 22.6 Å². The number of hydrogen-bond donors (Lipinski definition) is 2. The Labute approximate surface area is 183 Å². The fraction of sp³-hybridized carbons (Fsp3) is 0.304. The number of anilines is 1. The molecule has 1 aliphatic rings. The first-order valence-electron chi connectivity index (χ1n) is 10.3. The van der Waals surface area contributed by atoms with E-state index in [9.17, 15) is 18.0 Å². The fourth-order valence-corrected chi connectivity index (χ4v) is 3.91. The number of hydrogen-bond acceptors (Lipinski definition) is 5. The second-order valence-corrected chi connectivity index (χ2v) is 7.76. The van der Waals surface area contributed by atoms with Crippen molar-refractivity contribution in [3.63, 3.8) is 0 Å². The molecule has 3 aromatic heterocycles. The number of halogens is 3. The summed E-state index contributed by atoms with van der Waals surface area (Å²) in [4.78, 5) is 25.6. The molecule has 1 aliphatic carbocycles. The molecule has 0 saturated heterocycles. The molecule has 4 rings (SSSR count). The molecular formula is C23H22F3N5O. The third-order valence-corrected chi connectivity index (χ3v) is 5.52. The topological polar surface area (TPSA) is 79.8 Å². The zero-order valence-corrected chi connectivity index (χ0v) is 17.4. The van der Waals surface area contributed by atoms with Crippen molar-refractivity contribution in [2.45, 2.75) is 44.4 Å². The molecule has 1 saturated carbocycles. The van der Waals surface area contributed by atoms with Gasteiger partial charge >= 0.3 is 6.18 Å². The van der Waals surface area contributed by atoms with E-state index in [1.165, 1.54) is 0 Å². The largest absolute Gasteiger partial charge is 0.417 e. The number of carbonyl (C=O) groups is 1. The molecule has 0 radical (unpaired) electrons. The maximum atomic E-state index is 13.0. The van der Waals surface area contributed by atoms with Gasteiger partial charge in [-0.2, -0.15) is 13.2 Å². The van der Waals surface area contributed by atoms with Gasteiger partial charge < -0.3 is 10.6 Å². The van der Waals surface area contributed by atoms with Gasteiger partial charge in [-0.15, -0.1) is 0 Å². The van der Waals surface area contributed by atoms with E-state index in [2.05, 4.69) is 25.6 Å². The predicted octanol–water partition coefficient (Wildman–Crippen LogP) is 4.63. The molecule has 3 heterocycles. The van der Waals surface area contributed by atoms with Crippen molar-refractivity contribution >= 4 is 11.7 Å². The minimum atomic E-state index is -4.44. The summed E-state index contributed by atoms with van der Waals surface area (Å²) in [6.45, 7) is 1.58. The molecular weight excluding hydrogens is 419 g/mol. The number of amides is 1. The number of alkyl halides is 3. The van der Waals surface area contributed by atoms with Crippen molar-refractivity contribution in [1.82, 2.24) is 20.3 Å². The molecule has 0 aliphatic heterocycles. The lowest BCUT2D eigenvalue weighted by Crippen LogP contribution is -2.44. The smallest absolute Gasteiger partial charge is 0.365 e. The molecule has 166 valence electrons. The van der Waals surface area contributed by atoms with Crippen LogP contribution in [0.3, 0.4) is 0 Å². The minimum absolute atomic E-state index is 0.149. The Morgan fingerprint density at radius 2 is 1.81 bits per heavy atom. The molecule has 1 amide bonds. The van der Waals surface area contributed by atoms with Crippen LogP contribution in [-0.2, 0) is 6.18 Å². The van der Waals surface area contributed by atoms with Crippen LogP contribution in [0.15, 0.2) is 55.0 Å². The number of rotatable bonds is 5. The molecule has 1 fully saturated rings. The van der Waals surface area contributed by atoms with Crippen LogP contribution in [0.5, 0.6) is 0 Å². The second-order valence-electron chi connectivity index (χ2n) is 7.76. The van der Waals surface area contributed by atoms with Crippen LogP contribution in [0.4, 0.5) is 19.0 Å². The third kappa shape index (κ3) is 4.71. The van der Waals surface area contributed by atoms with Crippen LogP contribution in [-0.4, -0.2) is 32.9 Å². The lowest BCUT2D eigenvalue weighted by atomic mass is 10.1. The molecule has 0 aromatic carbocycles. The molecule has 6 nitrogen and oxygen atoms in total. The molecule has 9 heteroatoms. The highest BCUT2D eigenvalue weighted by atomic mass is 19.4. The standard InChI is InChI=1S/C23H22F3N5O/c1-14-12-15(23(24,25)26)13-29-21(14)30-18-8-4-9-19(18)31-22(32)20-16(6-5-11-28-20)17-7-2-3-10-27-17/h2-3,5-7,10-13,18-19H,4,8-9H2,1H3,(H,29,30)(H,31,32)/t18-,19-/m0/s1. The third-order valence-electron chi connectivity index (χ3n) is 5.52. The number of aromatic nitrogens is 3. The van der Waals surface area contributed by atoms with E-state index in [-0.39, 0.29) is 23.7 Å². The summed E-state index contributed by atoms with van der Waals surface area (Å²) in [5, 5.41) is 6.25. The molecule has 2 atom stereocenters. The maximum Gasteiger partial charge on any atom is 0.417 e. The molecule has 0 spiro atoms. The van der Waals surface area contributed by atoms with E-state index in [4.69, 9.17) is 0 Å². The van der Waals surface area contributed by atoms with Gasteiger partial charge in [0.25, 0.3) is 5.91 Å². The maximum absolute atomic E-state index is 13.0. The van der Waals surface area contributed by atoms with Crippen molar-refractivity contribution in [1.29, 1.82) is 0 Å². The normalized spacial score (nSPS) is 18.4. The summed E-state index contributed by atoms with van der Waals surface area (Å²) >= 11 is 0. The highest BCUT2D eigenvalue weighted by Gasteiger charge is 2.33. The first-order valence-corrected chi connectivity index (χ1v) is 10.3. The van der Waals surface area contributed by atoms with Gasteiger partial charge in [0, 0.05) is 36.2 Å². The van der Waals surface area contributed by atoms with Gasteiger partial charge in [0.2, 0.25) is 0 Å². The van der Waals surface area contributed by atoms with E-state index in [1.54, 1.807) is 37.5 Å². The van der Waals surface area contributed by atoms with E-state index in [0.717, 1.165) is 31.5 Å². The summed E-state index contributed by atoms with van der Waals surface area (Å²) < 4.78 is 38.7. The lowest BCUT2D eigenvalue weighted by Gasteiger charge is -2.24. The number of pyridine rings is 3. The summed E-state index contributed by atoms with van der Waals surface area (Å²) in [5.74, 6) is 0.0678. The quantitative estimate of drug-likeness (QED) is 0.604. The van der Waals surface area contributed by atoms with E-state index >= 15 is 0 Å². The van der Waals surface area contributed by atoms with Gasteiger partial charge in [-0.05, 0) is 62.1 Å². The number of aryl methyl sites for hydroxylation is 1. The molecule has 0 bridgehead atoms. The Morgan fingerprint density at radius 1 is 1.03 bits per heavy atom. The van der Waals surface area contributed by atoms with Crippen molar-refractivity contribution in [3.05, 3.63) is 71.8 Å². The average Bonchev–Trinajstić information content (AvgIpc) is 3.21. The number of nitrogens with zero attached hydrogens (tertiary/aromatic N) is 3. The van der Waals surface area contributed by atoms with E-state index in [1.807, 2.05) is 12.1 Å². The van der Waals surface area contributed by atoms with Crippen LogP contribution < -0.4 is 10.6 Å². The molecule has 3 aromatic rings. The predicted molar refractivity (Wildman–Crippen MR) is 114 cm³/mol. The van der Waals surface area contributed by atoms with Gasteiger partial charge in [-0.25, -0.2) is 4.98 Å². The van der Waals surface area contributed by atoms with Crippen molar-refractivity contribution in [3.8, 4) is 11.3 Å². The van der Waals surface area contributed by atoms with Gasteiger partial charge in [-0.3, -0.25) is 14.8 Å². The summed E-state index contributed by atoms with van der Waals surface area (Å²) in [5.41, 5.74) is 1.18. The van der Waals surface area contributed by atoms with Gasteiger partial charge in [0.05, 0.1) is 11.3 Å². The van der Waals surface area contributed by atoms with Crippen LogP contribution >= 0.6 is 0 Å². The summed E-state index contributed by atoms with van der Waals surface area (Å²) in [6.07, 6.45) is 1.98. The minimum Gasteiger partial charge on any atom is -0.365 e. The van der Waals surface area contributed by atoms with E-state index < -0.39 is 11.7 Å². The van der Waals surface area contributed by atoms with Crippen LogP contribution in [0.2, 0.25) is 0 Å². The molecule has 32 heavy (non-hydrogen) atoms. The van der Waals surface area contributed by atoms with Crippen LogP contribution in [0.25, 0.3) is 11.3 Å². The first kappa shape index (κ1) is 21.7. The molecule has 0 unspecified atom stereocenters. The first-order chi connectivity index (χ1) is 15.3. The Bertz CT molecular complexity index is 1100. The number of carbonyl (C=O) groups excluding carboxylic acids is 1. The van der Waals surface area contributed by atoms with Gasteiger partial charge in [0.1, 0.15) is 11.5 Å². The zero-order valence-electron chi connectivity index (χ0n) is 17.4. The Kier molecular flexibility index (Phi) is 6.07. The fourth-order valence-electron chi connectivity index (χ4n) is 3.91. The van der Waals surface area contributed by atoms with Crippen LogP contribution in [0.1, 0.15) is 40.9 Å². The zero-order chi connectivity index (χ0) is 22.7. The second kappa shape index (κ2) is 8.94. The monoisotopic (exact) mass is 441 g/mol. The van der Waals surface area contributed by atoms with Crippen molar-refractivity contribution in [2.24, 2.45) is 0 Å². The Hall–Kier alpha value is -3.49. The SMILES string of the molecule is Cc1cc(C(F)(F)F)cnc1N[C@H]1CCC[C@@H]1NC(=O)c1ncccc1-c1ccccn1. The highest BCUT2D eigenvalue weighted by molar-refractivity contribution is 5.98. The molecule has 2 N–H and O–H groups in total. The van der Waals surface area contributed by atoms with Crippen molar-refractivity contribution < 1.29 is 18.0 Å². The lowest BCUT2D eigenvalue weighted by molar-refractivity contribution is -0.137. The van der Waals surface area contributed by atoms with Crippen molar-refractivity contribution in [2.75, 3.05) is 5.32 Å². The average molecular weight is 441 g/mol. The van der Waals surface area contributed by atoms with Gasteiger partial charge in [-0.1, -0.05) is 6.07 Å². The van der Waals surface area contributed by atoms with Gasteiger partial charge in [0.15, 0.2) is 0 Å². The number of nitrogens with one attached hydrogen (secondary N) is 2. The Morgan fingerprint density at radius 3 is 2.53 bits per heavy atom.